The Morgan fingerprint density at radius 3 is 2.34 bits per heavy atom. The Kier molecular flexibility index (Phi) is 5.33. The van der Waals surface area contributed by atoms with Gasteiger partial charge in [0.1, 0.15) is 17.7 Å². The van der Waals surface area contributed by atoms with E-state index in [1.54, 1.807) is 0 Å². The number of halogens is 2. The van der Waals surface area contributed by atoms with Crippen molar-refractivity contribution in [2.45, 2.75) is 62.1 Å². The smallest absolute Gasteiger partial charge is 0.407 e. The van der Waals surface area contributed by atoms with Crippen LogP contribution in [-0.2, 0) is 9.47 Å². The maximum Gasteiger partial charge on any atom is 0.407 e. The summed E-state index contributed by atoms with van der Waals surface area (Å²) in [6, 6.07) is 1.94. The SMILES string of the molecule is O=C(NC12CCC(NC(=O)c3cc(F)cc(Cl)c3O)(CC1)CC2)OC1CCOC1. The highest BCUT2D eigenvalue weighted by atomic mass is 35.5. The summed E-state index contributed by atoms with van der Waals surface area (Å²) >= 11 is 5.78. The van der Waals surface area contributed by atoms with Gasteiger partial charge in [-0.25, -0.2) is 9.18 Å². The fourth-order valence-corrected chi connectivity index (χ4v) is 4.82. The highest BCUT2D eigenvalue weighted by molar-refractivity contribution is 6.32. The van der Waals surface area contributed by atoms with Crippen LogP contribution in [0.4, 0.5) is 9.18 Å². The molecule has 9 heteroatoms. The van der Waals surface area contributed by atoms with Gasteiger partial charge in [0.15, 0.2) is 0 Å². The standard InChI is InChI=1S/C20H24ClFN2O5/c21-15-10-12(22)9-14(16(15)25)17(26)23-19-2-5-20(6-3-19,7-4-19)24-18(27)29-13-1-8-28-11-13/h9-10,13,25H,1-8,11H2,(H,23,26)(H,24,27). The molecule has 3 saturated carbocycles. The van der Waals surface area contributed by atoms with E-state index in [0.29, 0.717) is 58.2 Å². The Morgan fingerprint density at radius 1 is 1.14 bits per heavy atom. The number of alkyl carbamates (subject to hydrolysis) is 1. The number of amides is 2. The molecule has 1 aliphatic heterocycles. The lowest BCUT2D eigenvalue weighted by Gasteiger charge is -2.53. The van der Waals surface area contributed by atoms with E-state index in [1.165, 1.54) is 0 Å². The van der Waals surface area contributed by atoms with Crippen LogP contribution in [0.2, 0.25) is 5.02 Å². The summed E-state index contributed by atoms with van der Waals surface area (Å²) in [7, 11) is 0. The van der Waals surface area contributed by atoms with Crippen LogP contribution in [0.3, 0.4) is 0 Å². The highest BCUT2D eigenvalue weighted by Gasteiger charge is 2.50. The van der Waals surface area contributed by atoms with E-state index in [4.69, 9.17) is 21.1 Å². The quantitative estimate of drug-likeness (QED) is 0.686. The first-order valence-electron chi connectivity index (χ1n) is 9.87. The second-order valence-electron chi connectivity index (χ2n) is 8.31. The summed E-state index contributed by atoms with van der Waals surface area (Å²) in [5, 5.41) is 15.8. The zero-order valence-corrected chi connectivity index (χ0v) is 16.7. The van der Waals surface area contributed by atoms with Crippen LogP contribution in [-0.4, -0.2) is 47.5 Å². The minimum absolute atomic E-state index is 0.174. The lowest BCUT2D eigenvalue weighted by Crippen LogP contribution is -2.64. The Hall–Kier alpha value is -2.06. The van der Waals surface area contributed by atoms with Gasteiger partial charge in [0.2, 0.25) is 0 Å². The van der Waals surface area contributed by atoms with Gasteiger partial charge in [0.25, 0.3) is 5.91 Å². The van der Waals surface area contributed by atoms with Crippen LogP contribution in [0, 0.1) is 5.82 Å². The van der Waals surface area contributed by atoms with Gasteiger partial charge in [-0.3, -0.25) is 4.79 Å². The molecule has 1 aromatic rings. The van der Waals surface area contributed by atoms with Crippen molar-refractivity contribution in [1.29, 1.82) is 0 Å². The van der Waals surface area contributed by atoms with Crippen LogP contribution in [0.15, 0.2) is 12.1 Å². The Bertz CT molecular complexity index is 803. The third-order valence-electron chi connectivity index (χ3n) is 6.43. The summed E-state index contributed by atoms with van der Waals surface area (Å²) in [5.41, 5.74) is -0.935. The molecule has 0 aromatic heterocycles. The van der Waals surface area contributed by atoms with Crippen molar-refractivity contribution in [3.8, 4) is 5.75 Å². The topological polar surface area (TPSA) is 96.9 Å². The number of ether oxygens (including phenoxy) is 2. The summed E-state index contributed by atoms with van der Waals surface area (Å²) in [4.78, 5) is 24.9. The number of phenolic OH excluding ortho intramolecular Hbond substituents is 1. The molecule has 1 unspecified atom stereocenters. The molecule has 1 atom stereocenters. The maximum absolute atomic E-state index is 13.6. The number of nitrogens with one attached hydrogen (secondary N) is 2. The van der Waals surface area contributed by atoms with E-state index in [-0.39, 0.29) is 22.2 Å². The largest absolute Gasteiger partial charge is 0.506 e. The zero-order valence-electron chi connectivity index (χ0n) is 15.9. The third-order valence-corrected chi connectivity index (χ3v) is 6.71. The van der Waals surface area contributed by atoms with E-state index < -0.39 is 29.1 Å². The van der Waals surface area contributed by atoms with E-state index in [1.807, 2.05) is 0 Å². The van der Waals surface area contributed by atoms with Crippen molar-refractivity contribution in [2.24, 2.45) is 0 Å². The predicted octanol–water partition coefficient (Wildman–Crippen LogP) is 3.28. The van der Waals surface area contributed by atoms with Gasteiger partial charge in [0.05, 0.1) is 23.8 Å². The Labute approximate surface area is 172 Å². The Morgan fingerprint density at radius 2 is 1.76 bits per heavy atom. The molecule has 4 fully saturated rings. The van der Waals surface area contributed by atoms with Crippen LogP contribution in [0.1, 0.15) is 55.3 Å². The van der Waals surface area contributed by atoms with Gasteiger partial charge < -0.3 is 25.2 Å². The van der Waals surface area contributed by atoms with Crippen molar-refractivity contribution >= 4 is 23.6 Å². The van der Waals surface area contributed by atoms with E-state index in [0.717, 1.165) is 12.1 Å². The number of carbonyl (C=O) groups is 2. The summed E-state index contributed by atoms with van der Waals surface area (Å²) in [5.74, 6) is -1.66. The van der Waals surface area contributed by atoms with Gasteiger partial charge in [-0.05, 0) is 50.7 Å². The van der Waals surface area contributed by atoms with E-state index >= 15 is 0 Å². The maximum atomic E-state index is 13.6. The molecule has 7 nitrogen and oxygen atoms in total. The molecule has 2 amide bonds. The number of hydrogen-bond donors (Lipinski definition) is 3. The van der Waals surface area contributed by atoms with Gasteiger partial charge in [-0.2, -0.15) is 0 Å². The predicted molar refractivity (Wildman–Crippen MR) is 103 cm³/mol. The fraction of sp³-hybridized carbons (Fsp3) is 0.600. The minimum atomic E-state index is -0.683. The van der Waals surface area contributed by atoms with Crippen molar-refractivity contribution in [3.63, 3.8) is 0 Å². The highest BCUT2D eigenvalue weighted by Crippen LogP contribution is 2.47. The Balaban J connectivity index is 1.37. The van der Waals surface area contributed by atoms with Crippen molar-refractivity contribution < 1.29 is 28.6 Å². The van der Waals surface area contributed by atoms with E-state index in [2.05, 4.69) is 10.6 Å². The molecule has 0 spiro atoms. The van der Waals surface area contributed by atoms with Gasteiger partial charge in [-0.1, -0.05) is 11.6 Å². The fourth-order valence-electron chi connectivity index (χ4n) is 4.61. The molecule has 1 heterocycles. The molecule has 1 saturated heterocycles. The first-order chi connectivity index (χ1) is 13.8. The number of carbonyl (C=O) groups excluding carboxylic acids is 2. The number of hydrogen-bond acceptors (Lipinski definition) is 5. The minimum Gasteiger partial charge on any atom is -0.506 e. The van der Waals surface area contributed by atoms with Crippen molar-refractivity contribution in [2.75, 3.05) is 13.2 Å². The summed E-state index contributed by atoms with van der Waals surface area (Å²) in [6.07, 6.45) is 4.26. The van der Waals surface area contributed by atoms with Crippen LogP contribution in [0.5, 0.6) is 5.75 Å². The number of aromatic hydroxyl groups is 1. The molecule has 158 valence electrons. The molecule has 4 aliphatic rings. The lowest BCUT2D eigenvalue weighted by molar-refractivity contribution is 0.0344. The van der Waals surface area contributed by atoms with Crippen molar-refractivity contribution in [3.05, 3.63) is 28.5 Å². The average molecular weight is 427 g/mol. The van der Waals surface area contributed by atoms with Gasteiger partial charge in [0, 0.05) is 17.5 Å². The second kappa shape index (κ2) is 7.65. The summed E-state index contributed by atoms with van der Waals surface area (Å²) < 4.78 is 24.3. The van der Waals surface area contributed by atoms with E-state index in [9.17, 15) is 19.1 Å². The number of fused-ring (bicyclic) bond motifs is 3. The first kappa shape index (κ1) is 20.2. The number of rotatable bonds is 4. The monoisotopic (exact) mass is 426 g/mol. The number of benzene rings is 1. The molecular weight excluding hydrogens is 403 g/mol. The molecule has 29 heavy (non-hydrogen) atoms. The van der Waals surface area contributed by atoms with Crippen LogP contribution < -0.4 is 10.6 Å². The third kappa shape index (κ3) is 4.14. The average Bonchev–Trinajstić information content (AvgIpc) is 3.18. The van der Waals surface area contributed by atoms with Gasteiger partial charge >= 0.3 is 6.09 Å². The van der Waals surface area contributed by atoms with Crippen LogP contribution in [0.25, 0.3) is 0 Å². The van der Waals surface area contributed by atoms with Crippen LogP contribution >= 0.6 is 11.6 Å². The lowest BCUT2D eigenvalue weighted by atomic mass is 9.61. The van der Waals surface area contributed by atoms with Crippen molar-refractivity contribution in [1.82, 2.24) is 10.6 Å². The molecule has 2 bridgehead atoms. The summed E-state index contributed by atoms with van der Waals surface area (Å²) in [6.45, 7) is 1.05. The molecule has 3 aliphatic carbocycles. The molecule has 1 aromatic carbocycles. The number of phenols is 1. The second-order valence-corrected chi connectivity index (χ2v) is 8.72. The molecular formula is C20H24ClFN2O5. The first-order valence-corrected chi connectivity index (χ1v) is 10.2. The van der Waals surface area contributed by atoms with Gasteiger partial charge in [-0.15, -0.1) is 0 Å². The molecule has 3 N–H and O–H groups in total. The normalized spacial score (nSPS) is 30.8. The molecule has 5 rings (SSSR count). The molecule has 0 radical (unpaired) electrons. The zero-order chi connectivity index (χ0) is 20.6.